The molecular weight excluding hydrogens is 339 g/mol. The fraction of sp³-hybridized carbons (Fsp3) is 0.167. The Morgan fingerprint density at radius 1 is 1.40 bits per heavy atom. The zero-order valence-corrected chi connectivity index (χ0v) is 11.6. The first-order chi connectivity index (χ1) is 9.35. The molecule has 0 saturated carbocycles. The number of aromatic nitrogens is 2. The van der Waals surface area contributed by atoms with Crippen molar-refractivity contribution in [2.24, 2.45) is 0 Å². The van der Waals surface area contributed by atoms with Crippen molar-refractivity contribution < 1.29 is 18.0 Å². The molecule has 2 heterocycles. The Bertz CT molecular complexity index is 624. The van der Waals surface area contributed by atoms with Crippen LogP contribution in [0.25, 0.3) is 0 Å². The summed E-state index contributed by atoms with van der Waals surface area (Å²) in [4.78, 5) is 15.8. The van der Waals surface area contributed by atoms with E-state index < -0.39 is 18.6 Å². The van der Waals surface area contributed by atoms with Crippen molar-refractivity contribution >= 4 is 27.7 Å². The Morgan fingerprint density at radius 2 is 2.15 bits per heavy atom. The van der Waals surface area contributed by atoms with Crippen LogP contribution in [-0.4, -0.2) is 21.6 Å². The van der Waals surface area contributed by atoms with E-state index in [0.29, 0.717) is 4.47 Å². The number of halogens is 4. The zero-order valence-electron chi connectivity index (χ0n) is 9.99. The van der Waals surface area contributed by atoms with Gasteiger partial charge in [0.15, 0.2) is 0 Å². The smallest absolute Gasteiger partial charge is 0.334 e. The standard InChI is InChI=1S/C12H9BrF3N3O/c13-8-3-4-17-10(6-8)18-11(20)9-2-1-5-19(9)7-12(14,15)16/h1-6H,7H2,(H,17,18,20). The first-order valence-corrected chi connectivity index (χ1v) is 6.29. The van der Waals surface area contributed by atoms with Gasteiger partial charge in [-0.1, -0.05) is 15.9 Å². The summed E-state index contributed by atoms with van der Waals surface area (Å²) in [5.74, 6) is -0.394. The van der Waals surface area contributed by atoms with Crippen LogP contribution in [0, 0.1) is 0 Å². The molecule has 0 aromatic carbocycles. The minimum absolute atomic E-state index is 0.0795. The number of nitrogens with zero attached hydrogens (tertiary/aromatic N) is 2. The van der Waals surface area contributed by atoms with Gasteiger partial charge in [-0.15, -0.1) is 0 Å². The van der Waals surface area contributed by atoms with Gasteiger partial charge in [0.05, 0.1) is 0 Å². The van der Waals surface area contributed by atoms with Crippen LogP contribution in [0.15, 0.2) is 41.1 Å². The maximum absolute atomic E-state index is 12.4. The van der Waals surface area contributed by atoms with Gasteiger partial charge in [0.2, 0.25) is 0 Å². The largest absolute Gasteiger partial charge is 0.406 e. The Kier molecular flexibility index (Phi) is 4.12. The van der Waals surface area contributed by atoms with Crippen LogP contribution in [-0.2, 0) is 6.54 Å². The molecule has 0 spiro atoms. The van der Waals surface area contributed by atoms with Crippen LogP contribution in [0.4, 0.5) is 19.0 Å². The van der Waals surface area contributed by atoms with Crippen molar-refractivity contribution in [2.75, 3.05) is 5.32 Å². The highest BCUT2D eigenvalue weighted by Crippen LogP contribution is 2.20. The van der Waals surface area contributed by atoms with Crippen molar-refractivity contribution in [1.29, 1.82) is 0 Å². The number of hydrogen-bond donors (Lipinski definition) is 1. The van der Waals surface area contributed by atoms with Gasteiger partial charge in [-0.2, -0.15) is 13.2 Å². The van der Waals surface area contributed by atoms with Crippen LogP contribution in [0.2, 0.25) is 0 Å². The molecule has 8 heteroatoms. The molecule has 1 N–H and O–H groups in total. The maximum atomic E-state index is 12.4. The number of anilines is 1. The van der Waals surface area contributed by atoms with E-state index in [1.165, 1.54) is 24.5 Å². The lowest BCUT2D eigenvalue weighted by molar-refractivity contribution is -0.140. The van der Waals surface area contributed by atoms with Crippen LogP contribution >= 0.6 is 15.9 Å². The molecule has 0 atom stereocenters. The summed E-state index contributed by atoms with van der Waals surface area (Å²) in [5.41, 5.74) is -0.0795. The monoisotopic (exact) mass is 347 g/mol. The summed E-state index contributed by atoms with van der Waals surface area (Å²) in [5, 5.41) is 2.44. The van der Waals surface area contributed by atoms with Crippen molar-refractivity contribution in [3.8, 4) is 0 Å². The Morgan fingerprint density at radius 3 is 2.80 bits per heavy atom. The molecule has 4 nitrogen and oxygen atoms in total. The first-order valence-electron chi connectivity index (χ1n) is 5.50. The SMILES string of the molecule is O=C(Nc1cc(Br)ccn1)c1cccn1CC(F)(F)F. The molecule has 0 saturated heterocycles. The van der Waals surface area contributed by atoms with Gasteiger partial charge in [-0.3, -0.25) is 4.79 Å². The number of alkyl halides is 3. The number of nitrogens with one attached hydrogen (secondary N) is 1. The van der Waals surface area contributed by atoms with Crippen LogP contribution in [0.5, 0.6) is 0 Å². The molecule has 0 aliphatic heterocycles. The molecule has 20 heavy (non-hydrogen) atoms. The second-order valence-electron chi connectivity index (χ2n) is 3.95. The molecule has 0 fully saturated rings. The van der Waals surface area contributed by atoms with E-state index >= 15 is 0 Å². The fourth-order valence-electron chi connectivity index (χ4n) is 1.60. The summed E-state index contributed by atoms with van der Waals surface area (Å²) < 4.78 is 38.7. The summed E-state index contributed by atoms with van der Waals surface area (Å²) in [6.45, 7) is -1.21. The van der Waals surface area contributed by atoms with Crippen LogP contribution in [0.3, 0.4) is 0 Å². The van der Waals surface area contributed by atoms with Crippen LogP contribution in [0.1, 0.15) is 10.5 Å². The predicted molar refractivity (Wildman–Crippen MR) is 70.4 cm³/mol. The van der Waals surface area contributed by atoms with E-state index in [-0.39, 0.29) is 11.5 Å². The third-order valence-corrected chi connectivity index (χ3v) is 2.87. The highest BCUT2D eigenvalue weighted by atomic mass is 79.9. The lowest BCUT2D eigenvalue weighted by Gasteiger charge is -2.11. The first kappa shape index (κ1) is 14.6. The molecular formula is C12H9BrF3N3O. The van der Waals surface area contributed by atoms with Crippen molar-refractivity contribution in [3.05, 3.63) is 46.8 Å². The fourth-order valence-corrected chi connectivity index (χ4v) is 1.94. The molecule has 1 amide bonds. The van der Waals surface area contributed by atoms with E-state index in [2.05, 4.69) is 26.2 Å². The molecule has 0 aliphatic rings. The molecule has 2 aromatic heterocycles. The van der Waals surface area contributed by atoms with Gasteiger partial charge in [0.25, 0.3) is 5.91 Å². The number of carbonyl (C=O) groups excluding carboxylic acids is 1. The number of carbonyl (C=O) groups is 1. The normalized spacial score (nSPS) is 11.4. The predicted octanol–water partition coefficient (Wildman–Crippen LogP) is 3.46. The summed E-state index contributed by atoms with van der Waals surface area (Å²) in [7, 11) is 0. The third-order valence-electron chi connectivity index (χ3n) is 2.38. The van der Waals surface area contributed by atoms with Gasteiger partial charge in [-0.05, 0) is 24.3 Å². The van der Waals surface area contributed by atoms with Gasteiger partial charge >= 0.3 is 6.18 Å². The second kappa shape index (κ2) is 5.66. The molecule has 0 unspecified atom stereocenters. The van der Waals surface area contributed by atoms with Crippen molar-refractivity contribution in [1.82, 2.24) is 9.55 Å². The van der Waals surface area contributed by atoms with Gasteiger partial charge in [-0.25, -0.2) is 4.98 Å². The molecule has 2 rings (SSSR count). The van der Waals surface area contributed by atoms with Crippen molar-refractivity contribution in [2.45, 2.75) is 12.7 Å². The number of hydrogen-bond acceptors (Lipinski definition) is 2. The minimum atomic E-state index is -4.39. The topological polar surface area (TPSA) is 46.9 Å². The highest BCUT2D eigenvalue weighted by Gasteiger charge is 2.29. The average molecular weight is 348 g/mol. The number of amides is 1. The quantitative estimate of drug-likeness (QED) is 0.924. The Hall–Kier alpha value is -1.83. The van der Waals surface area contributed by atoms with E-state index in [9.17, 15) is 18.0 Å². The van der Waals surface area contributed by atoms with E-state index in [0.717, 1.165) is 4.57 Å². The van der Waals surface area contributed by atoms with E-state index in [1.54, 1.807) is 12.1 Å². The lowest BCUT2D eigenvalue weighted by Crippen LogP contribution is -2.23. The molecule has 2 aromatic rings. The molecule has 0 radical (unpaired) electrons. The molecule has 0 bridgehead atoms. The zero-order chi connectivity index (χ0) is 14.8. The minimum Gasteiger partial charge on any atom is -0.334 e. The number of rotatable bonds is 3. The highest BCUT2D eigenvalue weighted by molar-refractivity contribution is 9.10. The second-order valence-corrected chi connectivity index (χ2v) is 4.87. The summed E-state index contributed by atoms with van der Waals surface area (Å²) in [6, 6.07) is 5.92. The Labute approximate surface area is 120 Å². The van der Waals surface area contributed by atoms with Crippen molar-refractivity contribution in [3.63, 3.8) is 0 Å². The van der Waals surface area contributed by atoms with Crippen LogP contribution < -0.4 is 5.32 Å². The average Bonchev–Trinajstić information content (AvgIpc) is 2.74. The summed E-state index contributed by atoms with van der Waals surface area (Å²) >= 11 is 3.21. The van der Waals surface area contributed by atoms with E-state index in [4.69, 9.17) is 0 Å². The third kappa shape index (κ3) is 3.83. The Balaban J connectivity index is 2.16. The lowest BCUT2D eigenvalue weighted by atomic mass is 10.3. The number of pyridine rings is 1. The van der Waals surface area contributed by atoms with Gasteiger partial charge < -0.3 is 9.88 Å². The molecule has 0 aliphatic carbocycles. The van der Waals surface area contributed by atoms with Gasteiger partial charge in [0.1, 0.15) is 18.1 Å². The maximum Gasteiger partial charge on any atom is 0.406 e. The van der Waals surface area contributed by atoms with E-state index in [1.807, 2.05) is 0 Å². The van der Waals surface area contributed by atoms with Gasteiger partial charge in [0, 0.05) is 16.9 Å². The summed E-state index contributed by atoms with van der Waals surface area (Å²) in [6.07, 6.45) is -1.72. The molecule has 106 valence electrons.